The zero-order valence-electron chi connectivity index (χ0n) is 19.6. The third-order valence-corrected chi connectivity index (χ3v) is 9.44. The third-order valence-electron chi connectivity index (χ3n) is 6.93. The first-order chi connectivity index (χ1) is 16.5. The molecule has 0 bridgehead atoms. The lowest BCUT2D eigenvalue weighted by Gasteiger charge is -2.41. The number of alkyl halides is 2. The Hall–Kier alpha value is -1.06. The van der Waals surface area contributed by atoms with E-state index < -0.39 is 40.3 Å². The molecule has 1 aliphatic carbocycles. The van der Waals surface area contributed by atoms with Gasteiger partial charge in [0.15, 0.2) is 0 Å². The molecule has 35 heavy (non-hydrogen) atoms. The van der Waals surface area contributed by atoms with Crippen LogP contribution in [0, 0.1) is 5.92 Å². The van der Waals surface area contributed by atoms with Crippen LogP contribution in [0.3, 0.4) is 0 Å². The minimum atomic E-state index is -4.11. The van der Waals surface area contributed by atoms with Crippen molar-refractivity contribution in [3.8, 4) is 0 Å². The van der Waals surface area contributed by atoms with Gasteiger partial charge in [-0.3, -0.25) is 4.90 Å². The Bertz CT molecular complexity index is 983. The van der Waals surface area contributed by atoms with E-state index in [1.54, 1.807) is 4.90 Å². The van der Waals surface area contributed by atoms with E-state index in [4.69, 9.17) is 16.3 Å². The maximum atomic E-state index is 14.0. The van der Waals surface area contributed by atoms with Crippen molar-refractivity contribution >= 4 is 37.0 Å². The van der Waals surface area contributed by atoms with Gasteiger partial charge < -0.3 is 9.64 Å². The number of sulfonamides is 1. The Balaban J connectivity index is 1.44. The van der Waals surface area contributed by atoms with E-state index in [-0.39, 0.29) is 11.5 Å². The van der Waals surface area contributed by atoms with E-state index in [0.29, 0.717) is 37.4 Å². The first kappa shape index (κ1) is 27.0. The van der Waals surface area contributed by atoms with Crippen molar-refractivity contribution in [2.45, 2.75) is 61.2 Å². The van der Waals surface area contributed by atoms with E-state index in [0.717, 1.165) is 29.9 Å². The predicted molar refractivity (Wildman–Crippen MR) is 133 cm³/mol. The molecule has 1 aromatic carbocycles. The number of rotatable bonds is 8. The van der Waals surface area contributed by atoms with Crippen LogP contribution in [0.2, 0.25) is 5.02 Å². The molecular weight excluding hydrogens is 519 g/mol. The largest absolute Gasteiger partial charge is 0.448 e. The number of hydrogen-bond acceptors (Lipinski definition) is 5. The molecule has 12 heteroatoms. The first-order valence-corrected chi connectivity index (χ1v) is 14.5. The minimum absolute atomic E-state index is 0.0241. The van der Waals surface area contributed by atoms with Crippen molar-refractivity contribution in [1.82, 2.24) is 14.1 Å². The molecule has 1 saturated carbocycles. The van der Waals surface area contributed by atoms with Crippen molar-refractivity contribution in [2.24, 2.45) is 5.92 Å². The Labute approximate surface area is 213 Å². The quantitative estimate of drug-likeness (QED) is 0.451. The second-order valence-electron chi connectivity index (χ2n) is 9.80. The molecule has 3 unspecified atom stereocenters. The lowest BCUT2D eigenvalue weighted by molar-refractivity contribution is 0.0235. The molecule has 0 N–H and O–H groups in total. The number of carbonyl (C=O) groups excluding carboxylic acids is 1. The average molecular weight is 552 g/mol. The fraction of sp³-hybridized carbons (Fsp3) is 0.696. The summed E-state index contributed by atoms with van der Waals surface area (Å²) in [6.07, 6.45) is 2.75. The topological polar surface area (TPSA) is 70.2 Å². The van der Waals surface area contributed by atoms with Gasteiger partial charge >= 0.3 is 6.09 Å². The molecule has 2 saturated heterocycles. The number of carbonyl (C=O) groups is 1. The van der Waals surface area contributed by atoms with Crippen LogP contribution in [0.1, 0.15) is 38.5 Å². The number of ether oxygens (including phenoxy) is 1. The summed E-state index contributed by atoms with van der Waals surface area (Å²) >= 11 is 5.91. The third kappa shape index (κ3) is 7.25. The number of piperidine rings is 1. The van der Waals surface area contributed by atoms with Gasteiger partial charge in [-0.25, -0.2) is 22.0 Å². The van der Waals surface area contributed by atoms with Crippen molar-refractivity contribution in [2.75, 3.05) is 39.3 Å². The van der Waals surface area contributed by atoms with Crippen LogP contribution in [-0.2, 0) is 14.8 Å². The molecule has 2 aliphatic heterocycles. The van der Waals surface area contributed by atoms with Crippen molar-refractivity contribution in [3.05, 3.63) is 29.3 Å². The maximum absolute atomic E-state index is 14.0. The van der Waals surface area contributed by atoms with E-state index in [9.17, 15) is 22.0 Å². The highest BCUT2D eigenvalue weighted by atomic mass is 35.5. The van der Waals surface area contributed by atoms with Crippen LogP contribution in [0.4, 0.5) is 13.6 Å². The molecule has 0 aromatic heterocycles. The monoisotopic (exact) mass is 551 g/mol. The van der Waals surface area contributed by atoms with Crippen LogP contribution in [0.5, 0.6) is 0 Å². The summed E-state index contributed by atoms with van der Waals surface area (Å²) in [6.45, 7) is 3.60. The number of piperazine rings is 1. The molecule has 0 radical (unpaired) electrons. The molecule has 1 aromatic rings. The Kier molecular flexibility index (Phi) is 8.58. The molecule has 196 valence electrons. The van der Waals surface area contributed by atoms with Crippen molar-refractivity contribution in [1.29, 1.82) is 0 Å². The van der Waals surface area contributed by atoms with Crippen LogP contribution in [0.25, 0.3) is 0 Å². The van der Waals surface area contributed by atoms with Gasteiger partial charge in [0.1, 0.15) is 6.61 Å². The highest BCUT2D eigenvalue weighted by molar-refractivity contribution is 7.89. The fourth-order valence-electron chi connectivity index (χ4n) is 4.96. The Morgan fingerprint density at radius 3 is 2.29 bits per heavy atom. The summed E-state index contributed by atoms with van der Waals surface area (Å²) < 4.78 is 61.7. The SMILES string of the molecule is O=C(OCC1CCCC(CC(F)(F)P)N1S(=O)(=O)c1ccc(Cl)cc1)N1CCN(CC2CC2)CC1. The van der Waals surface area contributed by atoms with Gasteiger partial charge in [0.25, 0.3) is 5.66 Å². The summed E-state index contributed by atoms with van der Waals surface area (Å²) in [5.74, 6) is 0.787. The molecule has 7 nitrogen and oxygen atoms in total. The highest BCUT2D eigenvalue weighted by Crippen LogP contribution is 2.38. The molecule has 2 heterocycles. The highest BCUT2D eigenvalue weighted by Gasteiger charge is 2.44. The number of nitrogens with zero attached hydrogens (tertiary/aromatic N) is 3. The van der Waals surface area contributed by atoms with Crippen LogP contribution in [-0.4, -0.2) is 85.7 Å². The predicted octanol–water partition coefficient (Wildman–Crippen LogP) is 4.27. The van der Waals surface area contributed by atoms with Crippen LogP contribution < -0.4 is 0 Å². The number of hydrogen-bond donors (Lipinski definition) is 0. The summed E-state index contributed by atoms with van der Waals surface area (Å²) in [5.41, 5.74) is -3.11. The molecule has 3 fully saturated rings. The van der Waals surface area contributed by atoms with Gasteiger partial charge in [-0.2, -0.15) is 4.31 Å². The lowest BCUT2D eigenvalue weighted by Crippen LogP contribution is -2.54. The van der Waals surface area contributed by atoms with Gasteiger partial charge in [-0.15, -0.1) is 0 Å². The van der Waals surface area contributed by atoms with Crippen LogP contribution in [0.15, 0.2) is 29.2 Å². The molecular formula is C23H33ClF2N3O4PS. The lowest BCUT2D eigenvalue weighted by atomic mass is 9.97. The van der Waals surface area contributed by atoms with Gasteiger partial charge in [-0.1, -0.05) is 27.3 Å². The summed E-state index contributed by atoms with van der Waals surface area (Å²) in [7, 11) is -2.62. The smallest absolute Gasteiger partial charge is 0.409 e. The summed E-state index contributed by atoms with van der Waals surface area (Å²) in [5, 5.41) is 0.373. The van der Waals surface area contributed by atoms with Gasteiger partial charge in [0, 0.05) is 50.2 Å². The Morgan fingerprint density at radius 2 is 1.69 bits per heavy atom. The molecule has 1 amide bonds. The molecule has 3 atom stereocenters. The molecule has 0 spiro atoms. The first-order valence-electron chi connectivity index (χ1n) is 12.1. The van der Waals surface area contributed by atoms with E-state index in [1.165, 1.54) is 46.3 Å². The van der Waals surface area contributed by atoms with Gasteiger partial charge in [0.05, 0.1) is 10.9 Å². The normalized spacial score (nSPS) is 25.0. The fourth-order valence-corrected chi connectivity index (χ4v) is 7.22. The summed E-state index contributed by atoms with van der Waals surface area (Å²) in [6, 6.07) is 4.01. The van der Waals surface area contributed by atoms with Gasteiger partial charge in [-0.05, 0) is 55.9 Å². The molecule has 4 rings (SSSR count). The van der Waals surface area contributed by atoms with Crippen LogP contribution >= 0.6 is 20.8 Å². The zero-order chi connectivity index (χ0) is 25.2. The van der Waals surface area contributed by atoms with E-state index in [2.05, 4.69) is 4.90 Å². The second kappa shape index (κ2) is 11.1. The molecule has 3 aliphatic rings. The van der Waals surface area contributed by atoms with E-state index >= 15 is 0 Å². The minimum Gasteiger partial charge on any atom is -0.448 e. The Morgan fingerprint density at radius 1 is 1.06 bits per heavy atom. The number of benzene rings is 1. The maximum Gasteiger partial charge on any atom is 0.409 e. The number of amides is 1. The average Bonchev–Trinajstić information content (AvgIpc) is 3.61. The van der Waals surface area contributed by atoms with Gasteiger partial charge in [0.2, 0.25) is 10.0 Å². The summed E-state index contributed by atoms with van der Waals surface area (Å²) in [4.78, 5) is 16.7. The number of halogens is 3. The van der Waals surface area contributed by atoms with E-state index in [1.807, 2.05) is 0 Å². The van der Waals surface area contributed by atoms with Crippen molar-refractivity contribution in [3.63, 3.8) is 0 Å². The zero-order valence-corrected chi connectivity index (χ0v) is 22.3. The second-order valence-corrected chi connectivity index (χ2v) is 12.9. The van der Waals surface area contributed by atoms with Crippen molar-refractivity contribution < 1.29 is 26.7 Å². The standard InChI is InChI=1S/C23H33ClF2N3O4PS/c24-18-6-8-21(9-7-18)35(31,32)29-19(14-23(25,26)34)2-1-3-20(29)16-33-22(30)28-12-10-27(11-13-28)15-17-4-5-17/h6-9,17,19-20H,1-5,10-16,34H2.